The highest BCUT2D eigenvalue weighted by atomic mass is 15.4. The third-order valence-electron chi connectivity index (χ3n) is 3.87. The molecule has 0 saturated carbocycles. The molecular weight excluding hydrogens is 278 g/mol. The summed E-state index contributed by atoms with van der Waals surface area (Å²) >= 11 is 0. The van der Waals surface area contributed by atoms with Gasteiger partial charge in [0.05, 0.1) is 6.54 Å². The summed E-state index contributed by atoms with van der Waals surface area (Å²) in [7, 11) is 3.99. The van der Waals surface area contributed by atoms with Crippen molar-refractivity contribution in [1.82, 2.24) is 24.7 Å². The fraction of sp³-hybridized carbons (Fsp3) is 0.600. The summed E-state index contributed by atoms with van der Waals surface area (Å²) < 4.78 is 2.23. The van der Waals surface area contributed by atoms with Gasteiger partial charge < -0.3 is 14.4 Å². The standard InChI is InChI=1S/C15H23N7/c1-10(2)14-19-18-13-9-21(6-7-22(13)14)15-16-11(3)8-12(17-15)20(4)5/h8,10H,6-7,9H2,1-5H3. The molecule has 2 aromatic heterocycles. The molecule has 0 aliphatic carbocycles. The van der Waals surface area contributed by atoms with Crippen molar-refractivity contribution in [3.05, 3.63) is 23.4 Å². The van der Waals surface area contributed by atoms with Crippen LogP contribution in [-0.2, 0) is 13.1 Å². The van der Waals surface area contributed by atoms with Crippen LogP contribution in [0.1, 0.15) is 37.1 Å². The van der Waals surface area contributed by atoms with E-state index >= 15 is 0 Å². The maximum atomic E-state index is 4.65. The SMILES string of the molecule is Cc1cc(N(C)C)nc(N2CCn3c(nnc3C(C)C)C2)n1. The number of nitrogens with zero attached hydrogens (tertiary/aromatic N) is 7. The van der Waals surface area contributed by atoms with Crippen molar-refractivity contribution in [3.63, 3.8) is 0 Å². The average Bonchev–Trinajstić information content (AvgIpc) is 2.89. The van der Waals surface area contributed by atoms with Gasteiger partial charge in [0.1, 0.15) is 11.6 Å². The predicted molar refractivity (Wildman–Crippen MR) is 86.3 cm³/mol. The second kappa shape index (κ2) is 5.55. The number of aromatic nitrogens is 5. The monoisotopic (exact) mass is 301 g/mol. The summed E-state index contributed by atoms with van der Waals surface area (Å²) in [5, 5.41) is 8.67. The Labute approximate surface area is 131 Å². The summed E-state index contributed by atoms with van der Waals surface area (Å²) in [6, 6.07) is 1.99. The molecule has 0 N–H and O–H groups in total. The van der Waals surface area contributed by atoms with E-state index in [1.54, 1.807) is 0 Å². The second-order valence-corrected chi connectivity index (χ2v) is 6.26. The van der Waals surface area contributed by atoms with Gasteiger partial charge in [-0.2, -0.15) is 4.98 Å². The molecule has 118 valence electrons. The normalized spacial score (nSPS) is 14.4. The van der Waals surface area contributed by atoms with Gasteiger partial charge in [-0.05, 0) is 6.92 Å². The smallest absolute Gasteiger partial charge is 0.227 e. The zero-order chi connectivity index (χ0) is 15.9. The van der Waals surface area contributed by atoms with Crippen LogP contribution in [0.2, 0.25) is 0 Å². The van der Waals surface area contributed by atoms with Crippen LogP contribution in [0, 0.1) is 6.92 Å². The highest BCUT2D eigenvalue weighted by molar-refractivity contribution is 5.45. The van der Waals surface area contributed by atoms with Gasteiger partial charge in [-0.15, -0.1) is 10.2 Å². The summed E-state index contributed by atoms with van der Waals surface area (Å²) in [5.41, 5.74) is 0.976. The molecule has 0 aromatic carbocycles. The lowest BCUT2D eigenvalue weighted by atomic mass is 10.2. The topological polar surface area (TPSA) is 63.0 Å². The minimum atomic E-state index is 0.392. The Hall–Kier alpha value is -2.18. The number of hydrogen-bond acceptors (Lipinski definition) is 6. The van der Waals surface area contributed by atoms with E-state index in [0.29, 0.717) is 12.5 Å². The molecule has 3 rings (SSSR count). The van der Waals surface area contributed by atoms with Gasteiger partial charge in [0.25, 0.3) is 0 Å². The maximum absolute atomic E-state index is 4.65. The number of aryl methyl sites for hydroxylation is 1. The molecule has 0 radical (unpaired) electrons. The third kappa shape index (κ3) is 2.63. The third-order valence-corrected chi connectivity index (χ3v) is 3.87. The van der Waals surface area contributed by atoms with Crippen LogP contribution in [0.25, 0.3) is 0 Å². The molecule has 0 unspecified atom stereocenters. The molecule has 1 aliphatic heterocycles. The quantitative estimate of drug-likeness (QED) is 0.858. The van der Waals surface area contributed by atoms with E-state index < -0.39 is 0 Å². The Morgan fingerprint density at radius 2 is 1.91 bits per heavy atom. The van der Waals surface area contributed by atoms with E-state index in [1.165, 1.54) is 0 Å². The Balaban J connectivity index is 1.89. The van der Waals surface area contributed by atoms with Crippen molar-refractivity contribution in [3.8, 4) is 0 Å². The van der Waals surface area contributed by atoms with E-state index in [0.717, 1.165) is 42.2 Å². The van der Waals surface area contributed by atoms with Crippen molar-refractivity contribution in [2.75, 3.05) is 30.4 Å². The van der Waals surface area contributed by atoms with Crippen LogP contribution < -0.4 is 9.80 Å². The van der Waals surface area contributed by atoms with E-state index in [2.05, 4.69) is 43.5 Å². The summed E-state index contributed by atoms with van der Waals surface area (Å²) in [6.07, 6.45) is 0. The number of anilines is 2. The van der Waals surface area contributed by atoms with Gasteiger partial charge in [-0.3, -0.25) is 0 Å². The molecule has 0 amide bonds. The minimum absolute atomic E-state index is 0.392. The lowest BCUT2D eigenvalue weighted by Gasteiger charge is -2.29. The van der Waals surface area contributed by atoms with E-state index in [-0.39, 0.29) is 0 Å². The molecule has 0 saturated heterocycles. The molecule has 0 bridgehead atoms. The molecule has 0 fully saturated rings. The molecule has 0 atom stereocenters. The van der Waals surface area contributed by atoms with Crippen LogP contribution in [0.5, 0.6) is 0 Å². The van der Waals surface area contributed by atoms with Crippen LogP contribution in [-0.4, -0.2) is 45.4 Å². The number of fused-ring (bicyclic) bond motifs is 1. The first-order chi connectivity index (χ1) is 10.5. The molecule has 7 nitrogen and oxygen atoms in total. The number of rotatable bonds is 3. The van der Waals surface area contributed by atoms with Crippen molar-refractivity contribution in [1.29, 1.82) is 0 Å². The van der Waals surface area contributed by atoms with Gasteiger partial charge in [0, 0.05) is 44.9 Å². The first kappa shape index (κ1) is 14.7. The first-order valence-electron chi connectivity index (χ1n) is 7.65. The van der Waals surface area contributed by atoms with Crippen LogP contribution in [0.15, 0.2) is 6.07 Å². The van der Waals surface area contributed by atoms with Gasteiger partial charge in [-0.1, -0.05) is 13.8 Å². The summed E-state index contributed by atoms with van der Waals surface area (Å²) in [5.74, 6) is 4.14. The molecule has 1 aliphatic rings. The van der Waals surface area contributed by atoms with Gasteiger partial charge in [-0.25, -0.2) is 4.98 Å². The second-order valence-electron chi connectivity index (χ2n) is 6.26. The Morgan fingerprint density at radius 1 is 1.14 bits per heavy atom. The zero-order valence-corrected chi connectivity index (χ0v) is 13.9. The Morgan fingerprint density at radius 3 is 2.59 bits per heavy atom. The predicted octanol–water partition coefficient (Wildman–Crippen LogP) is 1.59. The fourth-order valence-corrected chi connectivity index (χ4v) is 2.69. The highest BCUT2D eigenvalue weighted by Gasteiger charge is 2.24. The molecule has 22 heavy (non-hydrogen) atoms. The van der Waals surface area contributed by atoms with Crippen molar-refractivity contribution < 1.29 is 0 Å². The number of hydrogen-bond donors (Lipinski definition) is 0. The summed E-state index contributed by atoms with van der Waals surface area (Å²) in [4.78, 5) is 13.4. The highest BCUT2D eigenvalue weighted by Crippen LogP contribution is 2.22. The van der Waals surface area contributed by atoms with Crippen LogP contribution >= 0.6 is 0 Å². The molecule has 2 aromatic rings. The van der Waals surface area contributed by atoms with Crippen molar-refractivity contribution >= 4 is 11.8 Å². The van der Waals surface area contributed by atoms with Gasteiger partial charge >= 0.3 is 0 Å². The zero-order valence-electron chi connectivity index (χ0n) is 13.9. The average molecular weight is 301 g/mol. The molecule has 3 heterocycles. The van der Waals surface area contributed by atoms with E-state index in [9.17, 15) is 0 Å². The fourth-order valence-electron chi connectivity index (χ4n) is 2.69. The summed E-state index contributed by atoms with van der Waals surface area (Å²) in [6.45, 7) is 8.76. The van der Waals surface area contributed by atoms with Crippen molar-refractivity contribution in [2.45, 2.75) is 39.8 Å². The maximum Gasteiger partial charge on any atom is 0.227 e. The Kier molecular flexibility index (Phi) is 3.72. The molecule has 0 spiro atoms. The van der Waals surface area contributed by atoms with Crippen LogP contribution in [0.4, 0.5) is 11.8 Å². The van der Waals surface area contributed by atoms with E-state index in [1.807, 2.05) is 32.0 Å². The lowest BCUT2D eigenvalue weighted by molar-refractivity contribution is 0.525. The molecule has 7 heteroatoms. The molecular formula is C15H23N7. The first-order valence-corrected chi connectivity index (χ1v) is 7.65. The minimum Gasteiger partial charge on any atom is -0.363 e. The van der Waals surface area contributed by atoms with Crippen LogP contribution in [0.3, 0.4) is 0 Å². The largest absolute Gasteiger partial charge is 0.363 e. The Bertz CT molecular complexity index is 675. The van der Waals surface area contributed by atoms with Gasteiger partial charge in [0.2, 0.25) is 5.95 Å². The lowest BCUT2D eigenvalue weighted by Crippen LogP contribution is -2.36. The van der Waals surface area contributed by atoms with Crippen molar-refractivity contribution in [2.24, 2.45) is 0 Å². The van der Waals surface area contributed by atoms with E-state index in [4.69, 9.17) is 0 Å². The van der Waals surface area contributed by atoms with Gasteiger partial charge in [0.15, 0.2) is 5.82 Å².